The summed E-state index contributed by atoms with van der Waals surface area (Å²) in [5.41, 5.74) is 1.28. The highest BCUT2D eigenvalue weighted by Gasteiger charge is 2.45. The first kappa shape index (κ1) is 14.2. The highest BCUT2D eigenvalue weighted by Crippen LogP contribution is 2.38. The van der Waals surface area contributed by atoms with E-state index >= 15 is 0 Å². The quantitative estimate of drug-likeness (QED) is 0.858. The number of pyridine rings is 1. The lowest BCUT2D eigenvalue weighted by Gasteiger charge is -2.35. The first-order valence-corrected chi connectivity index (χ1v) is 8.62. The third kappa shape index (κ3) is 2.54. The first-order chi connectivity index (χ1) is 10.7. The van der Waals surface area contributed by atoms with Gasteiger partial charge in [0.25, 0.3) is 0 Å². The third-order valence-corrected chi connectivity index (χ3v) is 5.81. The van der Waals surface area contributed by atoms with Gasteiger partial charge in [-0.3, -0.25) is 14.7 Å². The molecule has 2 aliphatic heterocycles. The first-order valence-electron chi connectivity index (χ1n) is 8.62. The van der Waals surface area contributed by atoms with Crippen LogP contribution in [-0.2, 0) is 11.3 Å². The van der Waals surface area contributed by atoms with E-state index in [1.807, 2.05) is 18.5 Å². The van der Waals surface area contributed by atoms with Crippen molar-refractivity contribution < 1.29 is 4.79 Å². The molecule has 1 aromatic heterocycles. The van der Waals surface area contributed by atoms with Gasteiger partial charge in [-0.25, -0.2) is 0 Å². The van der Waals surface area contributed by atoms with Gasteiger partial charge in [0.1, 0.15) is 0 Å². The molecular formula is C18H25N3O. The van der Waals surface area contributed by atoms with Crippen LogP contribution >= 0.6 is 0 Å². The van der Waals surface area contributed by atoms with Gasteiger partial charge in [-0.1, -0.05) is 13.0 Å². The van der Waals surface area contributed by atoms with Crippen molar-refractivity contribution in [2.75, 3.05) is 19.6 Å². The molecule has 1 aliphatic carbocycles. The van der Waals surface area contributed by atoms with Crippen molar-refractivity contribution in [3.63, 3.8) is 0 Å². The maximum absolute atomic E-state index is 12.6. The van der Waals surface area contributed by atoms with Crippen molar-refractivity contribution in [1.82, 2.24) is 14.8 Å². The summed E-state index contributed by atoms with van der Waals surface area (Å²) in [5, 5.41) is 0. The third-order valence-electron chi connectivity index (χ3n) is 5.81. The molecule has 0 radical (unpaired) electrons. The van der Waals surface area contributed by atoms with Gasteiger partial charge in [0.05, 0.1) is 0 Å². The Kier molecular flexibility index (Phi) is 3.65. The maximum atomic E-state index is 12.6. The fourth-order valence-corrected chi connectivity index (χ4v) is 4.51. The summed E-state index contributed by atoms with van der Waals surface area (Å²) in [7, 11) is 0. The minimum Gasteiger partial charge on any atom is -0.341 e. The zero-order valence-electron chi connectivity index (χ0n) is 13.3. The van der Waals surface area contributed by atoms with E-state index in [1.165, 1.54) is 12.0 Å². The molecule has 1 aromatic rings. The van der Waals surface area contributed by atoms with Crippen LogP contribution in [0.4, 0.5) is 0 Å². The average molecular weight is 299 g/mol. The van der Waals surface area contributed by atoms with Crippen molar-refractivity contribution in [1.29, 1.82) is 0 Å². The highest BCUT2D eigenvalue weighted by molar-refractivity contribution is 5.80. The molecule has 22 heavy (non-hydrogen) atoms. The number of aromatic nitrogens is 1. The Morgan fingerprint density at radius 1 is 1.36 bits per heavy atom. The van der Waals surface area contributed by atoms with E-state index in [-0.39, 0.29) is 0 Å². The van der Waals surface area contributed by atoms with Crippen LogP contribution in [0.3, 0.4) is 0 Å². The van der Waals surface area contributed by atoms with E-state index in [1.54, 1.807) is 0 Å². The zero-order chi connectivity index (χ0) is 15.1. The van der Waals surface area contributed by atoms with E-state index in [9.17, 15) is 4.79 Å². The molecule has 3 heterocycles. The molecule has 4 rings (SSSR count). The van der Waals surface area contributed by atoms with Crippen LogP contribution < -0.4 is 0 Å². The van der Waals surface area contributed by atoms with E-state index < -0.39 is 0 Å². The second-order valence-electron chi connectivity index (χ2n) is 7.46. The maximum Gasteiger partial charge on any atom is 0.225 e. The van der Waals surface area contributed by atoms with Crippen molar-refractivity contribution in [3.05, 3.63) is 30.1 Å². The summed E-state index contributed by atoms with van der Waals surface area (Å²) in [5.74, 6) is 2.17. The number of amides is 1. The van der Waals surface area contributed by atoms with Gasteiger partial charge >= 0.3 is 0 Å². The Bertz CT molecular complexity index is 541. The summed E-state index contributed by atoms with van der Waals surface area (Å²) in [4.78, 5) is 21.5. The number of carbonyl (C=O) groups is 1. The van der Waals surface area contributed by atoms with E-state index in [2.05, 4.69) is 27.8 Å². The van der Waals surface area contributed by atoms with Crippen LogP contribution in [0.2, 0.25) is 0 Å². The Labute approximate surface area is 132 Å². The molecule has 1 saturated carbocycles. The smallest absolute Gasteiger partial charge is 0.225 e. The fourth-order valence-electron chi connectivity index (χ4n) is 4.51. The van der Waals surface area contributed by atoms with E-state index in [0.29, 0.717) is 23.8 Å². The minimum absolute atomic E-state index is 0.320. The molecular weight excluding hydrogens is 274 g/mol. The monoisotopic (exact) mass is 299 g/mol. The summed E-state index contributed by atoms with van der Waals surface area (Å²) >= 11 is 0. The topological polar surface area (TPSA) is 36.4 Å². The molecule has 3 aliphatic rings. The standard InChI is InChI=1S/C18H25N3O/c1-13-7-16(8-13)18(22)21-11-15-4-6-20(17(15)12-21)10-14-3-2-5-19-9-14/h2-3,5,9,13,15-17H,4,6-8,10-12H2,1H3/t13?,15-,16?,17+/m0/s1. The SMILES string of the molecule is CC1CC(C(=O)N2C[C@@H]3CCN(Cc4cccnc4)[C@@H]3C2)C1. The van der Waals surface area contributed by atoms with Crippen molar-refractivity contribution in [2.24, 2.45) is 17.8 Å². The minimum atomic E-state index is 0.320. The fraction of sp³-hybridized carbons (Fsp3) is 0.667. The molecule has 4 nitrogen and oxygen atoms in total. The van der Waals surface area contributed by atoms with Gasteiger partial charge in [0.2, 0.25) is 5.91 Å². The van der Waals surface area contributed by atoms with Crippen LogP contribution in [0.1, 0.15) is 31.7 Å². The summed E-state index contributed by atoms with van der Waals surface area (Å²) < 4.78 is 0. The van der Waals surface area contributed by atoms with Crippen LogP contribution in [0.25, 0.3) is 0 Å². The van der Waals surface area contributed by atoms with Crippen molar-refractivity contribution >= 4 is 5.91 Å². The second-order valence-corrected chi connectivity index (χ2v) is 7.46. The molecule has 0 unspecified atom stereocenters. The summed E-state index contributed by atoms with van der Waals surface area (Å²) in [6.07, 6.45) is 7.22. The highest BCUT2D eigenvalue weighted by atomic mass is 16.2. The predicted octanol–water partition coefficient (Wildman–Crippen LogP) is 2.16. The van der Waals surface area contributed by atoms with Gasteiger partial charge in [-0.2, -0.15) is 0 Å². The molecule has 0 N–H and O–H groups in total. The van der Waals surface area contributed by atoms with Crippen LogP contribution in [0.15, 0.2) is 24.5 Å². The Morgan fingerprint density at radius 3 is 2.95 bits per heavy atom. The van der Waals surface area contributed by atoms with Gasteiger partial charge in [0.15, 0.2) is 0 Å². The number of likely N-dealkylation sites (tertiary alicyclic amines) is 2. The van der Waals surface area contributed by atoms with Gasteiger partial charge in [-0.15, -0.1) is 0 Å². The predicted molar refractivity (Wildman–Crippen MR) is 85.0 cm³/mol. The number of fused-ring (bicyclic) bond motifs is 1. The normalized spacial score (nSPS) is 34.5. The van der Waals surface area contributed by atoms with E-state index in [4.69, 9.17) is 0 Å². The average Bonchev–Trinajstić information content (AvgIpc) is 3.07. The molecule has 1 amide bonds. The zero-order valence-corrected chi connectivity index (χ0v) is 13.3. The van der Waals surface area contributed by atoms with Gasteiger partial charge in [-0.05, 0) is 49.3 Å². The van der Waals surface area contributed by atoms with Gasteiger partial charge < -0.3 is 4.90 Å². The van der Waals surface area contributed by atoms with Crippen LogP contribution in [-0.4, -0.2) is 46.4 Å². The van der Waals surface area contributed by atoms with Crippen LogP contribution in [0, 0.1) is 17.8 Å². The number of hydrogen-bond acceptors (Lipinski definition) is 3. The Hall–Kier alpha value is -1.42. The molecule has 0 spiro atoms. The molecule has 0 bridgehead atoms. The number of nitrogens with zero attached hydrogens (tertiary/aromatic N) is 3. The number of hydrogen-bond donors (Lipinski definition) is 0. The molecule has 3 fully saturated rings. The summed E-state index contributed by atoms with van der Waals surface area (Å²) in [6, 6.07) is 4.71. The molecule has 2 saturated heterocycles. The lowest BCUT2D eigenvalue weighted by Crippen LogP contribution is -2.42. The van der Waals surface area contributed by atoms with Crippen LogP contribution in [0.5, 0.6) is 0 Å². The Morgan fingerprint density at radius 2 is 2.23 bits per heavy atom. The van der Waals surface area contributed by atoms with Gasteiger partial charge in [0, 0.05) is 44.0 Å². The van der Waals surface area contributed by atoms with E-state index in [0.717, 1.165) is 44.9 Å². The lowest BCUT2D eigenvalue weighted by molar-refractivity contribution is -0.139. The molecule has 2 atom stereocenters. The summed E-state index contributed by atoms with van der Waals surface area (Å²) in [6.45, 7) is 6.30. The largest absolute Gasteiger partial charge is 0.341 e. The lowest BCUT2D eigenvalue weighted by atomic mass is 9.75. The number of rotatable bonds is 3. The molecule has 0 aromatic carbocycles. The number of carbonyl (C=O) groups excluding carboxylic acids is 1. The van der Waals surface area contributed by atoms with Crippen molar-refractivity contribution in [2.45, 2.75) is 38.8 Å². The van der Waals surface area contributed by atoms with Crippen molar-refractivity contribution in [3.8, 4) is 0 Å². The molecule has 118 valence electrons. The molecule has 4 heteroatoms. The second kappa shape index (κ2) is 5.65. The Balaban J connectivity index is 1.38.